The zero-order chi connectivity index (χ0) is 21.5. The molecule has 0 radical (unpaired) electrons. The van der Waals surface area contributed by atoms with Gasteiger partial charge in [0.25, 0.3) is 0 Å². The van der Waals surface area contributed by atoms with Gasteiger partial charge in [0, 0.05) is 23.1 Å². The van der Waals surface area contributed by atoms with Crippen molar-refractivity contribution < 1.29 is 12.8 Å². The maximum absolute atomic E-state index is 13.5. The number of piperidine rings is 1. The number of hydrogen-bond acceptors (Lipinski definition) is 5. The highest BCUT2D eigenvalue weighted by Crippen LogP contribution is 2.37. The molecule has 3 aromatic rings. The zero-order valence-corrected chi connectivity index (χ0v) is 19.7. The number of nitrogens with zero attached hydrogens (tertiary/aromatic N) is 2. The standard InChI is InChI=1S/C23H25BrN2O3S/c1-15-4-10-20(11-5-15)30(27,28)22-23(26-13-16(2)12-17(3)14-26)29-21(25-22)18-6-8-19(24)9-7-18/h4-11,16-17H,12-14H2,1-3H3. The first-order valence-electron chi connectivity index (χ1n) is 10.1. The van der Waals surface area contributed by atoms with Gasteiger partial charge in [-0.1, -0.05) is 47.5 Å². The summed E-state index contributed by atoms with van der Waals surface area (Å²) in [6, 6.07) is 14.4. The highest BCUT2D eigenvalue weighted by molar-refractivity contribution is 9.10. The van der Waals surface area contributed by atoms with Gasteiger partial charge in [-0.15, -0.1) is 0 Å². The molecule has 0 aliphatic carbocycles. The van der Waals surface area contributed by atoms with Crippen molar-refractivity contribution in [2.24, 2.45) is 11.8 Å². The molecule has 1 aromatic heterocycles. The molecule has 2 atom stereocenters. The molecule has 1 aliphatic rings. The lowest BCUT2D eigenvalue weighted by Crippen LogP contribution is -2.39. The fourth-order valence-electron chi connectivity index (χ4n) is 4.05. The van der Waals surface area contributed by atoms with Gasteiger partial charge < -0.3 is 9.32 Å². The minimum Gasteiger partial charge on any atom is -0.419 e. The number of halogens is 1. The second kappa shape index (κ2) is 8.19. The van der Waals surface area contributed by atoms with E-state index in [1.807, 2.05) is 36.1 Å². The molecule has 4 rings (SSSR count). The van der Waals surface area contributed by atoms with Crippen LogP contribution in [0.1, 0.15) is 25.8 Å². The molecular weight excluding hydrogens is 464 g/mol. The van der Waals surface area contributed by atoms with Gasteiger partial charge in [0.15, 0.2) is 0 Å². The van der Waals surface area contributed by atoms with Crippen molar-refractivity contribution in [3.05, 3.63) is 58.6 Å². The van der Waals surface area contributed by atoms with Gasteiger partial charge in [-0.25, -0.2) is 8.42 Å². The maximum atomic E-state index is 13.5. The lowest BCUT2D eigenvalue weighted by Gasteiger charge is -2.34. The summed E-state index contributed by atoms with van der Waals surface area (Å²) in [5, 5.41) is -0.00873. The molecule has 1 saturated heterocycles. The summed E-state index contributed by atoms with van der Waals surface area (Å²) in [7, 11) is -3.82. The Balaban J connectivity index is 1.85. The van der Waals surface area contributed by atoms with E-state index >= 15 is 0 Å². The Bertz CT molecular complexity index is 1130. The minimum atomic E-state index is -3.82. The largest absolute Gasteiger partial charge is 0.419 e. The number of sulfone groups is 1. The van der Waals surface area contributed by atoms with Gasteiger partial charge in [-0.05, 0) is 61.6 Å². The van der Waals surface area contributed by atoms with Crippen LogP contribution in [0.5, 0.6) is 0 Å². The van der Waals surface area contributed by atoms with E-state index in [9.17, 15) is 8.42 Å². The molecular formula is C23H25BrN2O3S. The van der Waals surface area contributed by atoms with Crippen LogP contribution in [0.3, 0.4) is 0 Å². The minimum absolute atomic E-state index is 0.00873. The number of hydrogen-bond donors (Lipinski definition) is 0. The molecule has 5 nitrogen and oxygen atoms in total. The third-order valence-corrected chi connectivity index (χ3v) is 7.61. The van der Waals surface area contributed by atoms with Crippen molar-refractivity contribution in [2.75, 3.05) is 18.0 Å². The Morgan fingerprint density at radius 1 is 1.00 bits per heavy atom. The van der Waals surface area contributed by atoms with Crippen LogP contribution in [0.25, 0.3) is 11.5 Å². The van der Waals surface area contributed by atoms with E-state index in [4.69, 9.17) is 4.42 Å². The fraction of sp³-hybridized carbons (Fsp3) is 0.348. The van der Waals surface area contributed by atoms with Crippen molar-refractivity contribution in [2.45, 2.75) is 37.1 Å². The predicted molar refractivity (Wildman–Crippen MR) is 121 cm³/mol. The number of benzene rings is 2. The normalized spacial score (nSPS) is 19.8. The number of aromatic nitrogens is 1. The summed E-state index contributed by atoms with van der Waals surface area (Å²) in [6.07, 6.45) is 1.12. The molecule has 1 fully saturated rings. The van der Waals surface area contributed by atoms with Crippen LogP contribution in [0, 0.1) is 18.8 Å². The van der Waals surface area contributed by atoms with Crippen LogP contribution in [0.4, 0.5) is 5.88 Å². The van der Waals surface area contributed by atoms with Gasteiger partial charge in [0.2, 0.25) is 26.6 Å². The van der Waals surface area contributed by atoms with Crippen LogP contribution in [-0.4, -0.2) is 26.5 Å². The monoisotopic (exact) mass is 488 g/mol. The van der Waals surface area contributed by atoms with Crippen molar-refractivity contribution >= 4 is 31.7 Å². The van der Waals surface area contributed by atoms with Gasteiger partial charge in [-0.3, -0.25) is 0 Å². The van der Waals surface area contributed by atoms with E-state index in [1.165, 1.54) is 0 Å². The molecule has 1 aliphatic heterocycles. The quantitative estimate of drug-likeness (QED) is 0.469. The maximum Gasteiger partial charge on any atom is 0.236 e. The summed E-state index contributed by atoms with van der Waals surface area (Å²) in [5.74, 6) is 1.55. The zero-order valence-electron chi connectivity index (χ0n) is 17.3. The molecule has 0 bridgehead atoms. The summed E-state index contributed by atoms with van der Waals surface area (Å²) in [6.45, 7) is 7.79. The van der Waals surface area contributed by atoms with Crippen molar-refractivity contribution in [3.63, 3.8) is 0 Å². The Morgan fingerprint density at radius 2 is 1.60 bits per heavy atom. The van der Waals surface area contributed by atoms with Gasteiger partial charge in [-0.2, -0.15) is 4.98 Å². The average molecular weight is 489 g/mol. The molecule has 158 valence electrons. The van der Waals surface area contributed by atoms with E-state index < -0.39 is 9.84 Å². The predicted octanol–water partition coefficient (Wildman–Crippen LogP) is 5.73. The van der Waals surface area contributed by atoms with Crippen molar-refractivity contribution in [3.8, 4) is 11.5 Å². The molecule has 2 heterocycles. The SMILES string of the molecule is Cc1ccc(S(=O)(=O)c2nc(-c3ccc(Br)cc3)oc2N2CC(C)CC(C)C2)cc1. The van der Waals surface area contributed by atoms with Gasteiger partial charge in [0.05, 0.1) is 4.90 Å². The number of rotatable bonds is 4. The Morgan fingerprint density at radius 3 is 2.20 bits per heavy atom. The summed E-state index contributed by atoms with van der Waals surface area (Å²) in [5.41, 5.74) is 1.74. The highest BCUT2D eigenvalue weighted by Gasteiger charge is 2.34. The van der Waals surface area contributed by atoms with Crippen LogP contribution < -0.4 is 4.90 Å². The first-order valence-corrected chi connectivity index (χ1v) is 12.3. The van der Waals surface area contributed by atoms with E-state index in [0.717, 1.165) is 35.1 Å². The number of anilines is 1. The molecule has 0 saturated carbocycles. The topological polar surface area (TPSA) is 63.4 Å². The van der Waals surface area contributed by atoms with E-state index in [1.54, 1.807) is 24.3 Å². The Labute approximate surface area is 186 Å². The first-order chi connectivity index (χ1) is 14.2. The Hall–Kier alpha value is -2.12. The Kier molecular flexibility index (Phi) is 5.77. The van der Waals surface area contributed by atoms with Gasteiger partial charge in [0.1, 0.15) is 0 Å². The van der Waals surface area contributed by atoms with Crippen molar-refractivity contribution in [1.29, 1.82) is 0 Å². The third-order valence-electron chi connectivity index (χ3n) is 5.41. The third kappa shape index (κ3) is 4.18. The number of oxazole rings is 1. The second-order valence-corrected chi connectivity index (χ2v) is 11.1. The summed E-state index contributed by atoms with van der Waals surface area (Å²) >= 11 is 3.43. The fourth-order valence-corrected chi connectivity index (χ4v) is 5.63. The first kappa shape index (κ1) is 21.1. The van der Waals surface area contributed by atoms with Crippen LogP contribution in [-0.2, 0) is 9.84 Å². The van der Waals surface area contributed by atoms with Gasteiger partial charge >= 0.3 is 0 Å². The smallest absolute Gasteiger partial charge is 0.236 e. The molecule has 0 N–H and O–H groups in total. The molecule has 2 aromatic carbocycles. The second-order valence-electron chi connectivity index (χ2n) is 8.30. The van der Waals surface area contributed by atoms with E-state index in [0.29, 0.717) is 23.6 Å². The van der Waals surface area contributed by atoms with Crippen LogP contribution >= 0.6 is 15.9 Å². The van der Waals surface area contributed by atoms with Crippen LogP contribution in [0.2, 0.25) is 0 Å². The summed E-state index contributed by atoms with van der Waals surface area (Å²) in [4.78, 5) is 6.76. The highest BCUT2D eigenvalue weighted by atomic mass is 79.9. The summed E-state index contributed by atoms with van der Waals surface area (Å²) < 4.78 is 34.1. The van der Waals surface area contributed by atoms with Crippen molar-refractivity contribution in [1.82, 2.24) is 4.98 Å². The molecule has 0 spiro atoms. The van der Waals surface area contributed by atoms with E-state index in [-0.39, 0.29) is 9.92 Å². The average Bonchev–Trinajstić information content (AvgIpc) is 3.14. The molecule has 7 heteroatoms. The molecule has 30 heavy (non-hydrogen) atoms. The molecule has 2 unspecified atom stereocenters. The van der Waals surface area contributed by atoms with E-state index in [2.05, 4.69) is 34.8 Å². The number of aryl methyl sites for hydroxylation is 1. The lowest BCUT2D eigenvalue weighted by molar-refractivity contribution is 0.342. The van der Waals surface area contributed by atoms with Crippen LogP contribution in [0.15, 0.2) is 67.3 Å². The molecule has 0 amide bonds. The lowest BCUT2D eigenvalue weighted by atomic mass is 9.92.